The van der Waals surface area contributed by atoms with E-state index in [9.17, 15) is 14.7 Å². The van der Waals surface area contributed by atoms with Crippen LogP contribution in [0.3, 0.4) is 0 Å². The molecule has 0 radical (unpaired) electrons. The third-order valence-corrected chi connectivity index (χ3v) is 3.56. The van der Waals surface area contributed by atoms with Gasteiger partial charge in [-0.05, 0) is 32.4 Å². The molecular weight excluding hydrogens is 286 g/mol. The highest BCUT2D eigenvalue weighted by atomic mass is 16.5. The number of morpholine rings is 1. The molecule has 0 aromatic heterocycles. The highest BCUT2D eigenvalue weighted by molar-refractivity contribution is 5.94. The van der Waals surface area contributed by atoms with Gasteiger partial charge in [-0.3, -0.25) is 4.79 Å². The standard InChI is InChI=1S/C16H21NO5/c1-10-5-4-6-13(15(10)19)16(20)21-9-14(18)17-7-11(2)22-12(3)8-17/h4-6,11-12,19H,7-9H2,1-3H3/t11-,12-/m0/s1. The van der Waals surface area contributed by atoms with Crippen LogP contribution in [0.5, 0.6) is 5.75 Å². The number of carbonyl (C=O) groups excluding carboxylic acids is 2. The molecule has 120 valence electrons. The first kappa shape index (κ1) is 16.3. The summed E-state index contributed by atoms with van der Waals surface area (Å²) < 4.78 is 10.6. The maximum absolute atomic E-state index is 12.1. The SMILES string of the molecule is Cc1cccc(C(=O)OCC(=O)N2C[C@H](C)O[C@@H](C)C2)c1O. The van der Waals surface area contributed by atoms with E-state index in [0.29, 0.717) is 18.7 Å². The molecule has 2 rings (SSSR count). The van der Waals surface area contributed by atoms with Crippen molar-refractivity contribution >= 4 is 11.9 Å². The first-order valence-electron chi connectivity index (χ1n) is 7.27. The van der Waals surface area contributed by atoms with E-state index in [1.165, 1.54) is 6.07 Å². The summed E-state index contributed by atoms with van der Waals surface area (Å²) in [4.78, 5) is 25.7. The van der Waals surface area contributed by atoms with Crippen LogP contribution >= 0.6 is 0 Å². The number of carbonyl (C=O) groups is 2. The molecule has 1 saturated heterocycles. The van der Waals surface area contributed by atoms with Crippen molar-refractivity contribution in [2.24, 2.45) is 0 Å². The molecule has 0 saturated carbocycles. The van der Waals surface area contributed by atoms with Crippen molar-refractivity contribution in [3.8, 4) is 5.75 Å². The third kappa shape index (κ3) is 3.76. The van der Waals surface area contributed by atoms with E-state index in [1.807, 2.05) is 13.8 Å². The van der Waals surface area contributed by atoms with Crippen LogP contribution in [0.4, 0.5) is 0 Å². The Morgan fingerprint density at radius 3 is 2.59 bits per heavy atom. The van der Waals surface area contributed by atoms with Crippen LogP contribution < -0.4 is 0 Å². The van der Waals surface area contributed by atoms with Crippen LogP contribution in [-0.4, -0.2) is 53.8 Å². The van der Waals surface area contributed by atoms with Gasteiger partial charge in [0, 0.05) is 13.1 Å². The smallest absolute Gasteiger partial charge is 0.342 e. The minimum absolute atomic E-state index is 0.0378. The Labute approximate surface area is 129 Å². The van der Waals surface area contributed by atoms with E-state index in [4.69, 9.17) is 9.47 Å². The van der Waals surface area contributed by atoms with Crippen molar-refractivity contribution in [2.45, 2.75) is 33.0 Å². The highest BCUT2D eigenvalue weighted by Gasteiger charge is 2.26. The van der Waals surface area contributed by atoms with Gasteiger partial charge in [0.2, 0.25) is 0 Å². The predicted molar refractivity (Wildman–Crippen MR) is 79.7 cm³/mol. The van der Waals surface area contributed by atoms with Crippen LogP contribution in [-0.2, 0) is 14.3 Å². The lowest BCUT2D eigenvalue weighted by Gasteiger charge is -2.35. The Balaban J connectivity index is 1.93. The van der Waals surface area contributed by atoms with Crippen molar-refractivity contribution in [1.82, 2.24) is 4.90 Å². The van der Waals surface area contributed by atoms with Gasteiger partial charge in [0.05, 0.1) is 12.2 Å². The number of nitrogens with zero attached hydrogens (tertiary/aromatic N) is 1. The molecule has 1 aromatic carbocycles. The molecule has 1 fully saturated rings. The number of aromatic hydroxyl groups is 1. The van der Waals surface area contributed by atoms with E-state index >= 15 is 0 Å². The Morgan fingerprint density at radius 2 is 1.95 bits per heavy atom. The molecule has 0 spiro atoms. The van der Waals surface area contributed by atoms with Gasteiger partial charge < -0.3 is 19.5 Å². The number of hydrogen-bond acceptors (Lipinski definition) is 5. The molecule has 2 atom stereocenters. The number of rotatable bonds is 3. The molecule has 1 aliphatic rings. The molecule has 0 bridgehead atoms. The summed E-state index contributed by atoms with van der Waals surface area (Å²) in [6.45, 7) is 6.10. The first-order valence-corrected chi connectivity index (χ1v) is 7.27. The van der Waals surface area contributed by atoms with E-state index < -0.39 is 5.97 Å². The van der Waals surface area contributed by atoms with E-state index in [2.05, 4.69) is 0 Å². The molecule has 6 heteroatoms. The van der Waals surface area contributed by atoms with Crippen LogP contribution in [0.15, 0.2) is 18.2 Å². The van der Waals surface area contributed by atoms with Crippen molar-refractivity contribution in [1.29, 1.82) is 0 Å². The van der Waals surface area contributed by atoms with Gasteiger partial charge in [0.1, 0.15) is 11.3 Å². The normalized spacial score (nSPS) is 21.5. The maximum atomic E-state index is 12.1. The van der Waals surface area contributed by atoms with Crippen molar-refractivity contribution in [3.63, 3.8) is 0 Å². The maximum Gasteiger partial charge on any atom is 0.342 e. The molecule has 1 heterocycles. The van der Waals surface area contributed by atoms with E-state index in [0.717, 1.165) is 0 Å². The number of amides is 1. The fraction of sp³-hybridized carbons (Fsp3) is 0.500. The van der Waals surface area contributed by atoms with Gasteiger partial charge in [-0.15, -0.1) is 0 Å². The van der Waals surface area contributed by atoms with Gasteiger partial charge >= 0.3 is 5.97 Å². The van der Waals surface area contributed by atoms with Crippen LogP contribution in [0.1, 0.15) is 29.8 Å². The zero-order valence-electron chi connectivity index (χ0n) is 13.0. The second-order valence-electron chi connectivity index (χ2n) is 5.60. The summed E-state index contributed by atoms with van der Waals surface area (Å²) in [5, 5.41) is 9.84. The first-order chi connectivity index (χ1) is 10.4. The lowest BCUT2D eigenvalue weighted by atomic mass is 10.1. The van der Waals surface area contributed by atoms with Gasteiger partial charge in [-0.1, -0.05) is 12.1 Å². The second kappa shape index (κ2) is 6.79. The lowest BCUT2D eigenvalue weighted by Crippen LogP contribution is -2.49. The second-order valence-corrected chi connectivity index (χ2v) is 5.60. The number of esters is 1. The zero-order chi connectivity index (χ0) is 16.3. The fourth-order valence-electron chi connectivity index (χ4n) is 2.50. The van der Waals surface area contributed by atoms with Gasteiger partial charge in [0.25, 0.3) is 5.91 Å². The molecular formula is C16H21NO5. The molecule has 1 aliphatic heterocycles. The highest BCUT2D eigenvalue weighted by Crippen LogP contribution is 2.22. The fourth-order valence-corrected chi connectivity index (χ4v) is 2.50. The Kier molecular flexibility index (Phi) is 5.03. The number of hydrogen-bond donors (Lipinski definition) is 1. The van der Waals surface area contributed by atoms with Crippen molar-refractivity contribution < 1.29 is 24.2 Å². The Bertz CT molecular complexity index is 562. The molecule has 0 aliphatic carbocycles. The summed E-state index contributed by atoms with van der Waals surface area (Å²) in [5.74, 6) is -1.08. The average molecular weight is 307 g/mol. The summed E-state index contributed by atoms with van der Waals surface area (Å²) >= 11 is 0. The number of para-hydroxylation sites is 1. The summed E-state index contributed by atoms with van der Waals surface area (Å²) in [7, 11) is 0. The summed E-state index contributed by atoms with van der Waals surface area (Å²) in [6.07, 6.45) is -0.0755. The van der Waals surface area contributed by atoms with Crippen molar-refractivity contribution in [3.05, 3.63) is 29.3 Å². The molecule has 1 amide bonds. The minimum Gasteiger partial charge on any atom is -0.507 e. The number of ether oxygens (including phenoxy) is 2. The van der Waals surface area contributed by atoms with E-state index in [-0.39, 0.29) is 36.0 Å². The number of benzene rings is 1. The van der Waals surface area contributed by atoms with Crippen LogP contribution in [0.2, 0.25) is 0 Å². The van der Waals surface area contributed by atoms with Crippen molar-refractivity contribution in [2.75, 3.05) is 19.7 Å². The number of aryl methyl sites for hydroxylation is 1. The lowest BCUT2D eigenvalue weighted by molar-refractivity contribution is -0.146. The Morgan fingerprint density at radius 1 is 1.32 bits per heavy atom. The molecule has 22 heavy (non-hydrogen) atoms. The van der Waals surface area contributed by atoms with Crippen LogP contribution in [0, 0.1) is 6.92 Å². The van der Waals surface area contributed by atoms with Gasteiger partial charge in [-0.2, -0.15) is 0 Å². The largest absolute Gasteiger partial charge is 0.507 e. The molecule has 1 N–H and O–H groups in total. The predicted octanol–water partition coefficient (Wildman–Crippen LogP) is 1.49. The number of phenols is 1. The summed E-state index contributed by atoms with van der Waals surface area (Å²) in [6, 6.07) is 4.81. The third-order valence-electron chi connectivity index (χ3n) is 3.56. The minimum atomic E-state index is -0.705. The molecule has 6 nitrogen and oxygen atoms in total. The average Bonchev–Trinajstić information content (AvgIpc) is 2.46. The monoisotopic (exact) mass is 307 g/mol. The molecule has 0 unspecified atom stereocenters. The van der Waals surface area contributed by atoms with E-state index in [1.54, 1.807) is 24.0 Å². The van der Waals surface area contributed by atoms with Gasteiger partial charge in [-0.25, -0.2) is 4.79 Å². The van der Waals surface area contributed by atoms with Gasteiger partial charge in [0.15, 0.2) is 6.61 Å². The quantitative estimate of drug-likeness (QED) is 0.856. The zero-order valence-corrected chi connectivity index (χ0v) is 13.0. The summed E-state index contributed by atoms with van der Waals surface area (Å²) in [5.41, 5.74) is 0.646. The topological polar surface area (TPSA) is 76.1 Å². The molecule has 1 aromatic rings. The Hall–Kier alpha value is -2.08. The van der Waals surface area contributed by atoms with Crippen LogP contribution in [0.25, 0.3) is 0 Å². The number of phenolic OH excluding ortho intramolecular Hbond substituents is 1.